The van der Waals surface area contributed by atoms with Crippen LogP contribution in [0.4, 0.5) is 26.3 Å². The molecule has 1 saturated carbocycles. The fourth-order valence-corrected chi connectivity index (χ4v) is 4.86. The van der Waals surface area contributed by atoms with Crippen molar-refractivity contribution in [3.8, 4) is 0 Å². The Kier molecular flexibility index (Phi) is 5.27. The number of alkyl halides is 6. The minimum Gasteiger partial charge on any atom is -0.399 e. The summed E-state index contributed by atoms with van der Waals surface area (Å²) in [6.45, 7) is 1.21. The third-order valence-electron chi connectivity index (χ3n) is 6.69. The van der Waals surface area contributed by atoms with E-state index in [1.807, 2.05) is 0 Å². The van der Waals surface area contributed by atoms with Gasteiger partial charge < -0.3 is 11.5 Å². The summed E-state index contributed by atoms with van der Waals surface area (Å²) in [4.78, 5) is 28.4. The zero-order valence-corrected chi connectivity index (χ0v) is 17.1. The Morgan fingerprint density at radius 1 is 1.12 bits per heavy atom. The van der Waals surface area contributed by atoms with Crippen LogP contribution in [0.1, 0.15) is 32.2 Å². The van der Waals surface area contributed by atoms with Crippen molar-refractivity contribution in [2.24, 2.45) is 17.4 Å². The first-order valence-electron chi connectivity index (χ1n) is 10.2. The molecule has 2 fully saturated rings. The molecule has 1 aromatic heterocycles. The number of nitrogens with zero attached hydrogens (tertiary/aromatic N) is 2. The van der Waals surface area contributed by atoms with Gasteiger partial charge in [-0.05, 0) is 44.2 Å². The largest absolute Gasteiger partial charge is 0.454 e. The minimum atomic E-state index is -5.80. The molecule has 4 unspecified atom stereocenters. The fraction of sp³-hybridized carbons (Fsp3) is 0.684. The van der Waals surface area contributed by atoms with Crippen molar-refractivity contribution in [2.45, 2.75) is 62.6 Å². The molecule has 0 amide bonds. The Morgan fingerprint density at radius 2 is 1.75 bits per heavy atom. The highest BCUT2D eigenvalue weighted by Crippen LogP contribution is 2.42. The lowest BCUT2D eigenvalue weighted by atomic mass is 9.92. The van der Waals surface area contributed by atoms with E-state index < -0.39 is 53.2 Å². The molecule has 1 saturated heterocycles. The van der Waals surface area contributed by atoms with E-state index in [1.165, 1.54) is 16.4 Å². The Balaban J connectivity index is 1.75. The van der Waals surface area contributed by atoms with Crippen LogP contribution < -0.4 is 33.3 Å². The van der Waals surface area contributed by atoms with Gasteiger partial charge in [0.15, 0.2) is 6.17 Å². The molecular formula is C19H23F6N5O2. The van der Waals surface area contributed by atoms with Crippen molar-refractivity contribution in [2.75, 3.05) is 13.1 Å². The smallest absolute Gasteiger partial charge is 0.399 e. The van der Waals surface area contributed by atoms with E-state index in [9.17, 15) is 31.5 Å². The van der Waals surface area contributed by atoms with Gasteiger partial charge in [0, 0.05) is 12.6 Å². The first-order valence-corrected chi connectivity index (χ1v) is 10.2. The van der Waals surface area contributed by atoms with Crippen molar-refractivity contribution in [1.82, 2.24) is 14.5 Å². The van der Waals surface area contributed by atoms with Crippen LogP contribution in [0.5, 0.6) is 0 Å². The van der Waals surface area contributed by atoms with Gasteiger partial charge in [-0.3, -0.25) is 19.2 Å². The summed E-state index contributed by atoms with van der Waals surface area (Å²) in [5, 5.41) is 0.0415. The van der Waals surface area contributed by atoms with Gasteiger partial charge in [-0.1, -0.05) is 0 Å². The standard InChI is InChI=1S/C19H23F6N5O2/c1-7-13-10(16(31)28-17(32)30(13)9-2-3-9)12(26)11(20)14(7)29-5-4-8(6-29)15(27)18(21,22)19(23,24)25/h8-9,11,14-15H,2-6,26-27H2,1H3,(H,28,31,32). The Bertz CT molecular complexity index is 1170. The molecule has 4 atom stereocenters. The van der Waals surface area contributed by atoms with Crippen LogP contribution in [0.2, 0.25) is 0 Å². The minimum absolute atomic E-state index is 0.00813. The molecule has 2 aliphatic carbocycles. The molecule has 178 valence electrons. The quantitative estimate of drug-likeness (QED) is 0.526. The van der Waals surface area contributed by atoms with Gasteiger partial charge in [0.25, 0.3) is 5.56 Å². The van der Waals surface area contributed by atoms with Gasteiger partial charge in [0.1, 0.15) is 0 Å². The molecule has 5 N–H and O–H groups in total. The lowest BCUT2D eigenvalue weighted by Crippen LogP contribution is -2.62. The molecule has 1 aromatic rings. The second-order valence-electron chi connectivity index (χ2n) is 8.76. The summed E-state index contributed by atoms with van der Waals surface area (Å²) >= 11 is 0. The third kappa shape index (κ3) is 3.36. The first-order chi connectivity index (χ1) is 14.8. The zero-order chi connectivity index (χ0) is 23.7. The first kappa shape index (κ1) is 22.9. The second-order valence-corrected chi connectivity index (χ2v) is 8.76. The average Bonchev–Trinajstić information content (AvgIpc) is 3.41. The maximum Gasteiger partial charge on any atom is 0.454 e. The van der Waals surface area contributed by atoms with Gasteiger partial charge in [0.2, 0.25) is 0 Å². The summed E-state index contributed by atoms with van der Waals surface area (Å²) < 4.78 is 82.4. The molecule has 13 heteroatoms. The third-order valence-corrected chi connectivity index (χ3v) is 6.69. The van der Waals surface area contributed by atoms with Gasteiger partial charge >= 0.3 is 17.8 Å². The maximum atomic E-state index is 15.4. The Labute approximate surface area is 177 Å². The number of hydrogen-bond donors (Lipinski definition) is 3. The normalized spacial score (nSPS) is 28.2. The number of nitrogens with one attached hydrogen (secondary N) is 1. The predicted octanol–water partition coefficient (Wildman–Crippen LogP) is -0.324. The van der Waals surface area contributed by atoms with Crippen LogP contribution in [-0.4, -0.2) is 57.9 Å². The fourth-order valence-electron chi connectivity index (χ4n) is 4.86. The number of likely N-dealkylation sites (tertiary alicyclic amines) is 1. The molecule has 2 heterocycles. The van der Waals surface area contributed by atoms with Crippen LogP contribution >= 0.6 is 0 Å². The highest BCUT2D eigenvalue weighted by molar-refractivity contribution is 5.62. The van der Waals surface area contributed by atoms with Gasteiger partial charge in [-0.2, -0.15) is 22.0 Å². The van der Waals surface area contributed by atoms with Crippen molar-refractivity contribution in [3.05, 3.63) is 31.4 Å². The van der Waals surface area contributed by atoms with E-state index in [2.05, 4.69) is 4.98 Å². The van der Waals surface area contributed by atoms with Crippen molar-refractivity contribution >= 4 is 11.3 Å². The molecule has 0 bridgehead atoms. The topological polar surface area (TPSA) is 110 Å². The van der Waals surface area contributed by atoms with E-state index in [1.54, 1.807) is 0 Å². The summed E-state index contributed by atoms with van der Waals surface area (Å²) in [7, 11) is 0. The molecule has 7 nitrogen and oxygen atoms in total. The molecule has 0 radical (unpaired) electrons. The summed E-state index contributed by atoms with van der Waals surface area (Å²) in [5.74, 6) is -6.33. The Morgan fingerprint density at radius 3 is 2.31 bits per heavy atom. The van der Waals surface area contributed by atoms with Gasteiger partial charge in [-0.15, -0.1) is 0 Å². The summed E-state index contributed by atoms with van der Waals surface area (Å²) in [5.41, 5.74) is 9.65. The lowest BCUT2D eigenvalue weighted by Gasteiger charge is -2.35. The average molecular weight is 467 g/mol. The van der Waals surface area contributed by atoms with Gasteiger partial charge in [-0.25, -0.2) is 9.18 Å². The molecule has 0 aromatic carbocycles. The van der Waals surface area contributed by atoms with Crippen LogP contribution in [0.15, 0.2) is 9.59 Å². The van der Waals surface area contributed by atoms with Crippen molar-refractivity contribution in [3.63, 3.8) is 0 Å². The summed E-state index contributed by atoms with van der Waals surface area (Å²) in [6.07, 6.45) is -6.44. The van der Waals surface area contributed by atoms with Crippen LogP contribution in [0.3, 0.4) is 0 Å². The number of halogens is 6. The highest BCUT2D eigenvalue weighted by atomic mass is 19.4. The van der Waals surface area contributed by atoms with Crippen molar-refractivity contribution < 1.29 is 26.3 Å². The van der Waals surface area contributed by atoms with Crippen molar-refractivity contribution in [1.29, 1.82) is 0 Å². The van der Waals surface area contributed by atoms with E-state index in [0.29, 0.717) is 18.4 Å². The number of nitrogens with two attached hydrogens (primary N) is 2. The maximum absolute atomic E-state index is 15.4. The number of aromatic amines is 1. The molecular weight excluding hydrogens is 444 g/mol. The number of rotatable bonds is 4. The molecule has 0 spiro atoms. The monoisotopic (exact) mass is 467 g/mol. The number of H-pyrrole nitrogens is 1. The van der Waals surface area contributed by atoms with E-state index >= 15 is 4.39 Å². The molecule has 4 rings (SSSR count). The molecule has 1 aliphatic heterocycles. The molecule has 3 aliphatic rings. The van der Waals surface area contributed by atoms with Crippen LogP contribution in [-0.2, 0) is 0 Å². The summed E-state index contributed by atoms with van der Waals surface area (Å²) in [6, 6.07) is -3.79. The number of fused-ring (bicyclic) bond motifs is 1. The number of aromatic nitrogens is 2. The SMILES string of the molecule is CC1=c2c(c(=O)[nH]c(=O)n2C2CC2)=C(N)C(F)C1N1CCC(C(N)C(F)(F)C(F)(F)F)C1. The zero-order valence-electron chi connectivity index (χ0n) is 17.1. The predicted molar refractivity (Wildman–Crippen MR) is 103 cm³/mol. The van der Waals surface area contributed by atoms with Gasteiger partial charge in [0.05, 0.1) is 28.3 Å². The second kappa shape index (κ2) is 7.37. The number of hydrogen-bond acceptors (Lipinski definition) is 5. The molecule has 32 heavy (non-hydrogen) atoms. The van der Waals surface area contributed by atoms with Crippen LogP contribution in [0.25, 0.3) is 11.3 Å². The van der Waals surface area contributed by atoms with E-state index in [-0.39, 0.29) is 36.1 Å². The highest BCUT2D eigenvalue weighted by Gasteiger charge is 2.63. The van der Waals surface area contributed by atoms with Crippen LogP contribution in [0, 0.1) is 5.92 Å². The lowest BCUT2D eigenvalue weighted by molar-refractivity contribution is -0.293. The van der Waals surface area contributed by atoms with E-state index in [4.69, 9.17) is 11.5 Å². The van der Waals surface area contributed by atoms with E-state index in [0.717, 1.165) is 0 Å². The Hall–Kier alpha value is -2.28.